The Labute approximate surface area is 369 Å². The Balaban J connectivity index is 0.000000536. The second-order valence-electron chi connectivity index (χ2n) is 18.0. The molecule has 0 saturated carbocycles. The largest absolute Gasteiger partial charge is 1.00 e. The fraction of sp³-hybridized carbons (Fsp3) is 0.434. The Bertz CT molecular complexity index is 1960. The van der Waals surface area contributed by atoms with Gasteiger partial charge in [-0.05, 0) is 108 Å². The Morgan fingerprint density at radius 2 is 0.982 bits per heavy atom. The minimum absolute atomic E-state index is 0. The van der Waals surface area contributed by atoms with Gasteiger partial charge in [0.15, 0.2) is 0 Å². The van der Waals surface area contributed by atoms with E-state index in [4.69, 9.17) is 0 Å². The van der Waals surface area contributed by atoms with Crippen LogP contribution < -0.4 is 24.8 Å². The third kappa shape index (κ3) is 12.5. The van der Waals surface area contributed by atoms with Crippen LogP contribution in [0.3, 0.4) is 0 Å². The summed E-state index contributed by atoms with van der Waals surface area (Å²) in [7, 11) is 0. The number of allylic oxidation sites excluding steroid dienone is 4. The SMILES string of the molecule is CCCC[C](=[Zr+2])CCCC.Cc1cc(C)c(-c2cc3[cH-]c4cc(-c5c(C)cc(C)cc5C)c(C(C)(C)C)cc4c3cc2C(C)(C)C)c(C)c1.[C-]1=CC=CC1.[Cl-].[Cl-]. The molecule has 0 aromatic heterocycles. The van der Waals surface area contributed by atoms with Crippen molar-refractivity contribution in [1.29, 1.82) is 0 Å². The van der Waals surface area contributed by atoms with E-state index in [-0.39, 0.29) is 35.6 Å². The fourth-order valence-electron chi connectivity index (χ4n) is 8.22. The van der Waals surface area contributed by atoms with E-state index < -0.39 is 0 Å². The first-order chi connectivity index (χ1) is 25.4. The van der Waals surface area contributed by atoms with Gasteiger partial charge in [-0.2, -0.15) is 6.08 Å². The smallest absolute Gasteiger partial charge is 0.0139 e. The minimum Gasteiger partial charge on any atom is -1.00 e. The number of hydrogen-bond acceptors (Lipinski definition) is 0. The summed E-state index contributed by atoms with van der Waals surface area (Å²) in [5.41, 5.74) is 16.5. The fourth-order valence-corrected chi connectivity index (χ4v) is 9.08. The summed E-state index contributed by atoms with van der Waals surface area (Å²) in [6.45, 7) is 32.1. The van der Waals surface area contributed by atoms with Crippen molar-refractivity contribution in [1.82, 2.24) is 0 Å². The third-order valence-corrected chi connectivity index (χ3v) is 12.0. The molecule has 6 rings (SSSR count). The first-order valence-corrected chi connectivity index (χ1v) is 21.8. The van der Waals surface area contributed by atoms with Crippen LogP contribution >= 0.6 is 0 Å². The van der Waals surface area contributed by atoms with Crippen LogP contribution in [0.2, 0.25) is 0 Å². The summed E-state index contributed by atoms with van der Waals surface area (Å²) in [5, 5.41) is 5.41. The van der Waals surface area contributed by atoms with Crippen LogP contribution in [0.4, 0.5) is 0 Å². The normalized spacial score (nSPS) is 12.1. The summed E-state index contributed by atoms with van der Waals surface area (Å²) in [4.78, 5) is 0. The van der Waals surface area contributed by atoms with Gasteiger partial charge < -0.3 is 24.8 Å². The molecule has 3 heteroatoms. The van der Waals surface area contributed by atoms with Gasteiger partial charge in [0, 0.05) is 0 Å². The van der Waals surface area contributed by atoms with Gasteiger partial charge in [0.25, 0.3) is 0 Å². The van der Waals surface area contributed by atoms with Gasteiger partial charge in [-0.3, -0.25) is 6.08 Å². The van der Waals surface area contributed by atoms with E-state index in [0.29, 0.717) is 0 Å². The average Bonchev–Trinajstić information content (AvgIpc) is 3.76. The van der Waals surface area contributed by atoms with Crippen molar-refractivity contribution in [2.45, 2.75) is 153 Å². The molecule has 5 aromatic carbocycles. The molecule has 1 aliphatic carbocycles. The van der Waals surface area contributed by atoms with Gasteiger partial charge >= 0.3 is 79.8 Å². The molecule has 0 amide bonds. The third-order valence-electron chi connectivity index (χ3n) is 10.7. The van der Waals surface area contributed by atoms with Crippen molar-refractivity contribution in [2.24, 2.45) is 0 Å². The quantitative estimate of drug-likeness (QED) is 0.136. The van der Waals surface area contributed by atoms with E-state index >= 15 is 0 Å². The molecule has 0 atom stereocenters. The molecule has 0 heterocycles. The van der Waals surface area contributed by atoms with Crippen molar-refractivity contribution >= 4 is 24.8 Å². The number of unbranched alkanes of at least 4 members (excludes halogenated alkanes) is 2. The summed E-state index contributed by atoms with van der Waals surface area (Å²) in [6, 6.07) is 21.7. The summed E-state index contributed by atoms with van der Waals surface area (Å²) < 4.78 is 1.79. The zero-order valence-electron chi connectivity index (χ0n) is 37.1. The molecule has 0 spiro atoms. The van der Waals surface area contributed by atoms with Crippen LogP contribution in [0.5, 0.6) is 0 Å². The van der Waals surface area contributed by atoms with Crippen LogP contribution in [0.15, 0.2) is 72.8 Å². The van der Waals surface area contributed by atoms with E-state index in [1.807, 2.05) is 12.2 Å². The first-order valence-electron chi connectivity index (χ1n) is 20.5. The maximum Gasteiger partial charge on any atom is -0.0139 e. The Kier molecular flexibility index (Phi) is 19.1. The molecular formula is C53H68Cl2Zr-2. The number of fused-ring (bicyclic) bond motifs is 3. The predicted molar refractivity (Wildman–Crippen MR) is 239 cm³/mol. The number of aryl methyl sites for hydroxylation is 6. The molecule has 0 saturated heterocycles. The monoisotopic (exact) mass is 864 g/mol. The van der Waals surface area contributed by atoms with E-state index in [1.165, 1.54) is 127 Å². The standard InChI is InChI=1S/C39H45.C9H18.C5H5.2ClH.Zr/c1-22-13-24(3)36(25(4)14-22)32-18-28-17-29-19-33(37-26(5)15-23(2)16-27(37)6)35(39(10,11)12)21-31(29)30(28)20-34(32)38(7,8)9;1-3-5-7-9-8-6-4-2;1-2-4-5-3-1;;;/h13-21H,1-12H3;3-8H2,1-2H3;1-3H,4H2;2*1H;/q-1;;-1;;;+2/p-2. The number of benzene rings is 4. The van der Waals surface area contributed by atoms with Crippen molar-refractivity contribution in [3.05, 3.63) is 123 Å². The van der Waals surface area contributed by atoms with Crippen LogP contribution in [0.25, 0.3) is 43.8 Å². The number of hydrogen-bond donors (Lipinski definition) is 0. The van der Waals surface area contributed by atoms with Gasteiger partial charge in [0.05, 0.1) is 0 Å². The topological polar surface area (TPSA) is 0 Å². The molecule has 56 heavy (non-hydrogen) atoms. The van der Waals surface area contributed by atoms with Gasteiger partial charge in [-0.25, -0.2) is 12.2 Å². The summed E-state index contributed by atoms with van der Waals surface area (Å²) in [6.07, 6.45) is 18.3. The minimum atomic E-state index is 0. The second-order valence-corrected chi connectivity index (χ2v) is 19.7. The van der Waals surface area contributed by atoms with Crippen LogP contribution in [-0.4, -0.2) is 3.21 Å². The van der Waals surface area contributed by atoms with Gasteiger partial charge in [0.1, 0.15) is 0 Å². The molecule has 5 aromatic rings. The molecule has 0 aliphatic heterocycles. The predicted octanol–water partition coefficient (Wildman–Crippen LogP) is 9.89. The average molecular weight is 867 g/mol. The summed E-state index contributed by atoms with van der Waals surface area (Å²) >= 11 is 1.67. The second kappa shape index (κ2) is 21.5. The van der Waals surface area contributed by atoms with Gasteiger partial charge in [0.2, 0.25) is 0 Å². The Morgan fingerprint density at radius 3 is 1.25 bits per heavy atom. The molecule has 0 nitrogen and oxygen atoms in total. The van der Waals surface area contributed by atoms with E-state index in [2.05, 4.69) is 164 Å². The Morgan fingerprint density at radius 1 is 0.607 bits per heavy atom. The van der Waals surface area contributed by atoms with Crippen molar-refractivity contribution in [3.63, 3.8) is 0 Å². The van der Waals surface area contributed by atoms with Gasteiger partial charge in [-0.1, -0.05) is 89.1 Å². The van der Waals surface area contributed by atoms with E-state index in [1.54, 1.807) is 27.4 Å². The van der Waals surface area contributed by atoms with E-state index in [0.717, 1.165) is 6.42 Å². The molecule has 0 N–H and O–H groups in total. The first kappa shape index (κ1) is 49.7. The molecule has 0 radical (unpaired) electrons. The van der Waals surface area contributed by atoms with Gasteiger partial charge in [-0.15, -0.1) is 46.2 Å². The zero-order chi connectivity index (χ0) is 40.0. The molecule has 1 aliphatic rings. The maximum absolute atomic E-state index is 2.99. The molecule has 0 unspecified atom stereocenters. The zero-order valence-corrected chi connectivity index (χ0v) is 41.1. The van der Waals surface area contributed by atoms with Crippen molar-refractivity contribution in [2.75, 3.05) is 0 Å². The van der Waals surface area contributed by atoms with E-state index in [9.17, 15) is 0 Å². The Hall–Kier alpha value is -2.44. The summed E-state index contributed by atoms with van der Waals surface area (Å²) in [5.74, 6) is 0. The number of halogens is 2. The van der Waals surface area contributed by atoms with Crippen molar-refractivity contribution < 1.29 is 49.0 Å². The maximum atomic E-state index is 2.99. The van der Waals surface area contributed by atoms with Crippen LogP contribution in [0.1, 0.15) is 145 Å². The molecule has 0 bridgehead atoms. The number of rotatable bonds is 8. The molecule has 0 fully saturated rings. The van der Waals surface area contributed by atoms with Crippen molar-refractivity contribution in [3.8, 4) is 22.3 Å². The van der Waals surface area contributed by atoms with Crippen LogP contribution in [0, 0.1) is 47.6 Å². The van der Waals surface area contributed by atoms with Crippen LogP contribution in [-0.2, 0) is 35.1 Å². The molecular weight excluding hydrogens is 799 g/mol. The molecule has 300 valence electrons.